The molecule has 2 N–H and O–H groups in total. The fourth-order valence-corrected chi connectivity index (χ4v) is 2.24. The molecule has 1 aromatic heterocycles. The van der Waals surface area contributed by atoms with Gasteiger partial charge in [0.2, 0.25) is 0 Å². The molecule has 1 aromatic carbocycles. The monoisotopic (exact) mass is 290 g/mol. The van der Waals surface area contributed by atoms with Gasteiger partial charge in [0.05, 0.1) is 16.8 Å². The number of pyridine rings is 1. The zero-order chi connectivity index (χ0) is 15.4. The molecule has 0 aliphatic heterocycles. The number of amides is 1. The predicted molar refractivity (Wildman–Crippen MR) is 79.7 cm³/mol. The number of nitrogens with one attached hydrogen (secondary N) is 1. The highest BCUT2D eigenvalue weighted by Crippen LogP contribution is 2.18. The van der Waals surface area contributed by atoms with E-state index in [4.69, 9.17) is 5.11 Å². The van der Waals surface area contributed by atoms with Crippen molar-refractivity contribution in [1.29, 1.82) is 0 Å². The van der Waals surface area contributed by atoms with Crippen LogP contribution in [0.2, 0.25) is 0 Å². The van der Waals surface area contributed by atoms with E-state index in [-0.39, 0.29) is 24.4 Å². The number of nitrogens with zero attached hydrogens (tertiary/aromatic N) is 1. The summed E-state index contributed by atoms with van der Waals surface area (Å²) in [4.78, 5) is 16.5. The van der Waals surface area contributed by atoms with E-state index < -0.39 is 0 Å². The third-order valence-corrected chi connectivity index (χ3v) is 3.39. The molecule has 0 saturated carbocycles. The van der Waals surface area contributed by atoms with Crippen LogP contribution < -0.4 is 5.32 Å². The molecular formula is C16H19FN2O2. The Morgan fingerprint density at radius 2 is 2.19 bits per heavy atom. The van der Waals surface area contributed by atoms with E-state index in [0.29, 0.717) is 29.6 Å². The van der Waals surface area contributed by atoms with Crippen LogP contribution in [0.1, 0.15) is 35.8 Å². The van der Waals surface area contributed by atoms with Crippen molar-refractivity contribution < 1.29 is 14.3 Å². The number of rotatable bonds is 5. The summed E-state index contributed by atoms with van der Waals surface area (Å²) in [6, 6.07) is 6.03. The summed E-state index contributed by atoms with van der Waals surface area (Å²) in [5.41, 5.74) is 1.60. The Hall–Kier alpha value is -2.01. The highest BCUT2D eigenvalue weighted by Gasteiger charge is 2.14. The summed E-state index contributed by atoms with van der Waals surface area (Å²) in [5.74, 6) is -0.541. The molecule has 21 heavy (non-hydrogen) atoms. The van der Waals surface area contributed by atoms with Crippen LogP contribution in [-0.4, -0.2) is 28.6 Å². The standard InChI is InChI=1S/C16H19FN2O2/c1-10(4-3-7-20)18-16(21)14-8-12-5-6-13(17)9-15(12)19-11(14)2/h5-6,8-10,20H,3-4,7H2,1-2H3,(H,18,21). The highest BCUT2D eigenvalue weighted by molar-refractivity contribution is 5.98. The maximum Gasteiger partial charge on any atom is 0.253 e. The normalized spacial score (nSPS) is 12.4. The molecule has 4 nitrogen and oxygen atoms in total. The van der Waals surface area contributed by atoms with Gasteiger partial charge in [-0.3, -0.25) is 9.78 Å². The third kappa shape index (κ3) is 3.76. The molecule has 5 heteroatoms. The number of hydrogen-bond donors (Lipinski definition) is 2. The van der Waals surface area contributed by atoms with Crippen molar-refractivity contribution in [3.63, 3.8) is 0 Å². The van der Waals surface area contributed by atoms with Crippen molar-refractivity contribution in [2.75, 3.05) is 6.61 Å². The zero-order valence-corrected chi connectivity index (χ0v) is 12.2. The lowest BCUT2D eigenvalue weighted by Gasteiger charge is -2.14. The van der Waals surface area contributed by atoms with Crippen LogP contribution >= 0.6 is 0 Å². The predicted octanol–water partition coefficient (Wildman–Crippen LogP) is 2.57. The molecule has 1 unspecified atom stereocenters. The van der Waals surface area contributed by atoms with Crippen molar-refractivity contribution >= 4 is 16.8 Å². The number of benzene rings is 1. The number of carbonyl (C=O) groups is 1. The first kappa shape index (κ1) is 15.4. The summed E-state index contributed by atoms with van der Waals surface area (Å²) < 4.78 is 13.2. The third-order valence-electron chi connectivity index (χ3n) is 3.39. The molecule has 0 aliphatic carbocycles. The summed E-state index contributed by atoms with van der Waals surface area (Å²) >= 11 is 0. The van der Waals surface area contributed by atoms with E-state index in [1.54, 1.807) is 19.1 Å². The van der Waals surface area contributed by atoms with Crippen LogP contribution in [0.25, 0.3) is 10.9 Å². The second-order valence-corrected chi connectivity index (χ2v) is 5.20. The van der Waals surface area contributed by atoms with Gasteiger partial charge in [-0.1, -0.05) is 0 Å². The number of halogens is 1. The van der Waals surface area contributed by atoms with Crippen LogP contribution in [0, 0.1) is 12.7 Å². The van der Waals surface area contributed by atoms with E-state index in [1.165, 1.54) is 12.1 Å². The Morgan fingerprint density at radius 3 is 2.90 bits per heavy atom. The van der Waals surface area contributed by atoms with Crippen molar-refractivity contribution in [1.82, 2.24) is 10.3 Å². The van der Waals surface area contributed by atoms with Gasteiger partial charge in [0.15, 0.2) is 0 Å². The average molecular weight is 290 g/mol. The van der Waals surface area contributed by atoms with Crippen molar-refractivity contribution in [3.8, 4) is 0 Å². The highest BCUT2D eigenvalue weighted by atomic mass is 19.1. The average Bonchev–Trinajstić information content (AvgIpc) is 2.44. The number of aryl methyl sites for hydroxylation is 1. The first-order valence-electron chi connectivity index (χ1n) is 7.00. The van der Waals surface area contributed by atoms with Crippen LogP contribution in [0.15, 0.2) is 24.3 Å². The second kappa shape index (κ2) is 6.63. The van der Waals surface area contributed by atoms with Gasteiger partial charge in [-0.2, -0.15) is 0 Å². The molecule has 0 radical (unpaired) electrons. The minimum Gasteiger partial charge on any atom is -0.396 e. The number of aliphatic hydroxyl groups excluding tert-OH is 1. The van der Waals surface area contributed by atoms with Gasteiger partial charge in [-0.25, -0.2) is 4.39 Å². The van der Waals surface area contributed by atoms with Gasteiger partial charge in [0.1, 0.15) is 5.82 Å². The molecule has 0 fully saturated rings. The van der Waals surface area contributed by atoms with Crippen molar-refractivity contribution in [2.45, 2.75) is 32.7 Å². The Morgan fingerprint density at radius 1 is 1.43 bits per heavy atom. The molecule has 0 bridgehead atoms. The molecule has 1 heterocycles. The molecule has 2 rings (SSSR count). The molecule has 112 valence electrons. The van der Waals surface area contributed by atoms with Crippen LogP contribution in [-0.2, 0) is 0 Å². The summed E-state index contributed by atoms with van der Waals surface area (Å²) in [6.45, 7) is 3.74. The molecule has 0 saturated heterocycles. The SMILES string of the molecule is Cc1nc2cc(F)ccc2cc1C(=O)NC(C)CCCO. The van der Waals surface area contributed by atoms with Gasteiger partial charge in [-0.15, -0.1) is 0 Å². The molecule has 0 spiro atoms. The maximum atomic E-state index is 13.2. The lowest BCUT2D eigenvalue weighted by molar-refractivity contribution is 0.0935. The molecule has 1 amide bonds. The van der Waals surface area contributed by atoms with E-state index >= 15 is 0 Å². The van der Waals surface area contributed by atoms with Crippen LogP contribution in [0.4, 0.5) is 4.39 Å². The molecule has 1 atom stereocenters. The molecule has 0 aliphatic rings. The number of carbonyl (C=O) groups excluding carboxylic acids is 1. The molecular weight excluding hydrogens is 271 g/mol. The minimum absolute atomic E-state index is 0.0204. The first-order valence-corrected chi connectivity index (χ1v) is 7.00. The fourth-order valence-electron chi connectivity index (χ4n) is 2.24. The number of fused-ring (bicyclic) bond motifs is 1. The summed E-state index contributed by atoms with van der Waals surface area (Å²) in [5, 5.41) is 12.4. The Balaban J connectivity index is 2.23. The van der Waals surface area contributed by atoms with Crippen molar-refractivity contribution in [2.24, 2.45) is 0 Å². The lowest BCUT2D eigenvalue weighted by atomic mass is 10.1. The number of aliphatic hydroxyl groups is 1. The van der Waals surface area contributed by atoms with Gasteiger partial charge in [-0.05, 0) is 44.9 Å². The quantitative estimate of drug-likeness (QED) is 0.889. The van der Waals surface area contributed by atoms with E-state index in [2.05, 4.69) is 10.3 Å². The minimum atomic E-state index is -0.343. The van der Waals surface area contributed by atoms with Gasteiger partial charge in [0, 0.05) is 24.1 Å². The largest absolute Gasteiger partial charge is 0.396 e. The summed E-state index contributed by atoms with van der Waals surface area (Å²) in [6.07, 6.45) is 1.36. The Bertz CT molecular complexity index is 658. The van der Waals surface area contributed by atoms with E-state index in [1.807, 2.05) is 6.92 Å². The van der Waals surface area contributed by atoms with Crippen LogP contribution in [0.5, 0.6) is 0 Å². The van der Waals surface area contributed by atoms with Gasteiger partial charge in [0.25, 0.3) is 5.91 Å². The van der Waals surface area contributed by atoms with Gasteiger partial charge < -0.3 is 10.4 Å². The van der Waals surface area contributed by atoms with E-state index in [0.717, 1.165) is 5.39 Å². The lowest BCUT2D eigenvalue weighted by Crippen LogP contribution is -2.33. The Kier molecular flexibility index (Phi) is 4.85. The molecule has 2 aromatic rings. The maximum absolute atomic E-state index is 13.2. The van der Waals surface area contributed by atoms with Crippen LogP contribution in [0.3, 0.4) is 0 Å². The topological polar surface area (TPSA) is 62.2 Å². The second-order valence-electron chi connectivity index (χ2n) is 5.20. The number of aromatic nitrogens is 1. The smallest absolute Gasteiger partial charge is 0.253 e. The fraction of sp³-hybridized carbons (Fsp3) is 0.375. The zero-order valence-electron chi connectivity index (χ0n) is 12.2. The van der Waals surface area contributed by atoms with E-state index in [9.17, 15) is 9.18 Å². The Labute approximate surface area is 123 Å². The van der Waals surface area contributed by atoms with Crippen molar-refractivity contribution in [3.05, 3.63) is 41.3 Å². The first-order chi connectivity index (χ1) is 10.0. The summed E-state index contributed by atoms with van der Waals surface area (Å²) in [7, 11) is 0. The van der Waals surface area contributed by atoms with Gasteiger partial charge >= 0.3 is 0 Å². The number of hydrogen-bond acceptors (Lipinski definition) is 3.